The van der Waals surface area contributed by atoms with Crippen molar-refractivity contribution in [3.8, 4) is 0 Å². The fourth-order valence-electron chi connectivity index (χ4n) is 3.58. The van der Waals surface area contributed by atoms with E-state index < -0.39 is 29.4 Å². The zero-order valence-electron chi connectivity index (χ0n) is 15.0. The SMILES string of the molecule is CCC1C(c2ccc(C(F)(F)F)cc2)=C(O)C(=O)N1C(C)c1ccccc1. The Morgan fingerprint density at radius 2 is 1.67 bits per heavy atom. The summed E-state index contributed by atoms with van der Waals surface area (Å²) >= 11 is 0. The maximum Gasteiger partial charge on any atom is 0.416 e. The molecular formula is C21H20F3NO2. The van der Waals surface area contributed by atoms with Crippen LogP contribution < -0.4 is 0 Å². The lowest BCUT2D eigenvalue weighted by atomic mass is 9.95. The van der Waals surface area contributed by atoms with Crippen LogP contribution in [0, 0.1) is 0 Å². The van der Waals surface area contributed by atoms with Gasteiger partial charge in [0.15, 0.2) is 5.76 Å². The standard InChI is InChI=1S/C21H20F3NO2/c1-3-17-18(15-9-11-16(12-10-15)21(22,23)24)19(26)20(27)25(17)13(2)14-7-5-4-6-8-14/h4-13,17,26H,3H2,1-2H3. The minimum atomic E-state index is -4.43. The number of benzene rings is 2. The van der Waals surface area contributed by atoms with E-state index in [1.54, 1.807) is 4.90 Å². The van der Waals surface area contributed by atoms with Crippen molar-refractivity contribution in [3.05, 3.63) is 77.0 Å². The second-order valence-corrected chi connectivity index (χ2v) is 6.56. The molecule has 1 N–H and O–H groups in total. The van der Waals surface area contributed by atoms with Crippen molar-refractivity contribution in [2.75, 3.05) is 0 Å². The molecule has 0 aliphatic carbocycles. The lowest BCUT2D eigenvalue weighted by Crippen LogP contribution is -2.37. The molecule has 3 nitrogen and oxygen atoms in total. The lowest BCUT2D eigenvalue weighted by molar-refractivity contribution is -0.137. The molecule has 3 rings (SSSR count). The van der Waals surface area contributed by atoms with Gasteiger partial charge in [0, 0.05) is 5.57 Å². The molecule has 1 amide bonds. The molecule has 0 bridgehead atoms. The van der Waals surface area contributed by atoms with Gasteiger partial charge in [-0.25, -0.2) is 0 Å². The Kier molecular flexibility index (Phi) is 5.00. The van der Waals surface area contributed by atoms with Crippen LogP contribution in [0.2, 0.25) is 0 Å². The Hall–Kier alpha value is -2.76. The van der Waals surface area contributed by atoms with Crippen LogP contribution in [-0.2, 0) is 11.0 Å². The Labute approximate surface area is 155 Å². The van der Waals surface area contributed by atoms with E-state index in [4.69, 9.17) is 0 Å². The highest BCUT2D eigenvalue weighted by Crippen LogP contribution is 2.40. The van der Waals surface area contributed by atoms with E-state index in [1.165, 1.54) is 12.1 Å². The smallest absolute Gasteiger partial charge is 0.416 e. The maximum atomic E-state index is 12.8. The summed E-state index contributed by atoms with van der Waals surface area (Å²) in [4.78, 5) is 14.3. The topological polar surface area (TPSA) is 40.5 Å². The molecule has 0 saturated heterocycles. The molecule has 2 aromatic rings. The number of halogens is 3. The molecule has 27 heavy (non-hydrogen) atoms. The van der Waals surface area contributed by atoms with Crippen LogP contribution in [0.5, 0.6) is 0 Å². The third-order valence-electron chi connectivity index (χ3n) is 4.97. The number of aliphatic hydroxyl groups is 1. The summed E-state index contributed by atoms with van der Waals surface area (Å²) in [6, 6.07) is 13.3. The van der Waals surface area contributed by atoms with Gasteiger partial charge >= 0.3 is 6.18 Å². The van der Waals surface area contributed by atoms with Crippen molar-refractivity contribution in [2.45, 2.75) is 38.5 Å². The number of nitrogens with zero attached hydrogens (tertiary/aromatic N) is 1. The molecule has 1 heterocycles. The first-order chi connectivity index (χ1) is 12.8. The monoisotopic (exact) mass is 375 g/mol. The predicted octanol–water partition coefficient (Wildman–Crippen LogP) is 5.36. The number of aliphatic hydroxyl groups excluding tert-OH is 1. The van der Waals surface area contributed by atoms with E-state index in [-0.39, 0.29) is 6.04 Å². The van der Waals surface area contributed by atoms with Gasteiger partial charge in [0.25, 0.3) is 5.91 Å². The van der Waals surface area contributed by atoms with Crippen LogP contribution in [0.4, 0.5) is 13.2 Å². The van der Waals surface area contributed by atoms with Gasteiger partial charge in [-0.15, -0.1) is 0 Å². The van der Waals surface area contributed by atoms with E-state index in [2.05, 4.69) is 0 Å². The Balaban J connectivity index is 1.97. The summed E-state index contributed by atoms with van der Waals surface area (Å²) in [6.07, 6.45) is -3.90. The number of hydrogen-bond donors (Lipinski definition) is 1. The summed E-state index contributed by atoms with van der Waals surface area (Å²) in [7, 11) is 0. The average molecular weight is 375 g/mol. The van der Waals surface area contributed by atoms with Crippen molar-refractivity contribution in [1.29, 1.82) is 0 Å². The Morgan fingerprint density at radius 3 is 2.19 bits per heavy atom. The Bertz CT molecular complexity index is 857. The van der Waals surface area contributed by atoms with Crippen molar-refractivity contribution in [1.82, 2.24) is 4.90 Å². The summed E-state index contributed by atoms with van der Waals surface area (Å²) in [5.41, 5.74) is 0.950. The molecule has 1 aliphatic heterocycles. The van der Waals surface area contributed by atoms with Crippen LogP contribution in [0.3, 0.4) is 0 Å². The van der Waals surface area contributed by atoms with E-state index in [0.29, 0.717) is 17.6 Å². The highest BCUT2D eigenvalue weighted by molar-refractivity contribution is 6.05. The highest BCUT2D eigenvalue weighted by atomic mass is 19.4. The number of amides is 1. The summed E-state index contributed by atoms with van der Waals surface area (Å²) in [5, 5.41) is 10.5. The van der Waals surface area contributed by atoms with Crippen LogP contribution in [0.1, 0.15) is 43.0 Å². The molecule has 0 fully saturated rings. The molecule has 0 saturated carbocycles. The molecular weight excluding hydrogens is 355 g/mol. The second-order valence-electron chi connectivity index (χ2n) is 6.56. The van der Waals surface area contributed by atoms with Gasteiger partial charge in [-0.1, -0.05) is 49.4 Å². The van der Waals surface area contributed by atoms with Crippen molar-refractivity contribution in [2.24, 2.45) is 0 Å². The van der Waals surface area contributed by atoms with Gasteiger partial charge in [0.1, 0.15) is 0 Å². The largest absolute Gasteiger partial charge is 0.503 e. The number of carbonyl (C=O) groups is 1. The molecule has 1 aliphatic rings. The molecule has 0 radical (unpaired) electrons. The average Bonchev–Trinajstić information content (AvgIpc) is 2.92. The second kappa shape index (κ2) is 7.10. The van der Waals surface area contributed by atoms with Gasteiger partial charge in [-0.05, 0) is 36.6 Å². The van der Waals surface area contributed by atoms with E-state index in [9.17, 15) is 23.1 Å². The van der Waals surface area contributed by atoms with E-state index in [0.717, 1.165) is 17.7 Å². The van der Waals surface area contributed by atoms with Crippen molar-refractivity contribution < 1.29 is 23.1 Å². The molecule has 2 aromatic carbocycles. The lowest BCUT2D eigenvalue weighted by Gasteiger charge is -2.32. The molecule has 2 unspecified atom stereocenters. The fourth-order valence-corrected chi connectivity index (χ4v) is 3.58. The summed E-state index contributed by atoms with van der Waals surface area (Å²) in [6.45, 7) is 3.75. The van der Waals surface area contributed by atoms with Crippen LogP contribution >= 0.6 is 0 Å². The first-order valence-electron chi connectivity index (χ1n) is 8.74. The third-order valence-corrected chi connectivity index (χ3v) is 4.97. The maximum absolute atomic E-state index is 12.8. The van der Waals surface area contributed by atoms with Crippen molar-refractivity contribution >= 4 is 11.5 Å². The minimum Gasteiger partial charge on any atom is -0.503 e. The third kappa shape index (κ3) is 3.44. The van der Waals surface area contributed by atoms with E-state index in [1.807, 2.05) is 44.2 Å². The highest BCUT2D eigenvalue weighted by Gasteiger charge is 2.42. The summed E-state index contributed by atoms with van der Waals surface area (Å²) < 4.78 is 38.4. The zero-order valence-corrected chi connectivity index (χ0v) is 15.0. The van der Waals surface area contributed by atoms with Crippen LogP contribution in [0.15, 0.2) is 60.4 Å². The van der Waals surface area contributed by atoms with E-state index >= 15 is 0 Å². The minimum absolute atomic E-state index is 0.280. The van der Waals surface area contributed by atoms with Gasteiger partial charge in [0.05, 0.1) is 17.6 Å². The number of hydrogen-bond acceptors (Lipinski definition) is 2. The zero-order chi connectivity index (χ0) is 19.8. The predicted molar refractivity (Wildman–Crippen MR) is 96.8 cm³/mol. The molecule has 0 aromatic heterocycles. The molecule has 0 spiro atoms. The number of carbonyl (C=O) groups excluding carboxylic acids is 1. The van der Waals surface area contributed by atoms with Gasteiger partial charge in [0.2, 0.25) is 0 Å². The summed E-state index contributed by atoms with van der Waals surface area (Å²) in [5.74, 6) is -0.905. The number of alkyl halides is 3. The first-order valence-corrected chi connectivity index (χ1v) is 8.74. The fraction of sp³-hybridized carbons (Fsp3) is 0.286. The first kappa shape index (κ1) is 19.0. The Morgan fingerprint density at radius 1 is 1.07 bits per heavy atom. The quantitative estimate of drug-likeness (QED) is 0.782. The molecule has 6 heteroatoms. The van der Waals surface area contributed by atoms with Gasteiger partial charge < -0.3 is 10.0 Å². The molecule has 2 atom stereocenters. The normalized spacial score (nSPS) is 18.9. The number of rotatable bonds is 4. The van der Waals surface area contributed by atoms with Gasteiger partial charge in [-0.2, -0.15) is 13.2 Å². The van der Waals surface area contributed by atoms with Gasteiger partial charge in [-0.3, -0.25) is 4.79 Å². The van der Waals surface area contributed by atoms with Crippen LogP contribution in [0.25, 0.3) is 5.57 Å². The molecule has 142 valence electrons. The van der Waals surface area contributed by atoms with Crippen molar-refractivity contribution in [3.63, 3.8) is 0 Å². The van der Waals surface area contributed by atoms with Crippen LogP contribution in [-0.4, -0.2) is 22.0 Å².